The summed E-state index contributed by atoms with van der Waals surface area (Å²) in [5, 5.41) is 0. The van der Waals surface area contributed by atoms with E-state index in [9.17, 15) is 8.42 Å². The van der Waals surface area contributed by atoms with E-state index < -0.39 is 9.84 Å². The van der Waals surface area contributed by atoms with Crippen LogP contribution in [0.2, 0.25) is 0 Å². The first-order chi connectivity index (χ1) is 6.49. The van der Waals surface area contributed by atoms with Gasteiger partial charge in [-0.2, -0.15) is 0 Å². The Bertz CT molecular complexity index is 288. The molecule has 0 heterocycles. The van der Waals surface area contributed by atoms with Crippen LogP contribution in [0.1, 0.15) is 13.3 Å². The molecule has 0 radical (unpaired) electrons. The number of hydrogen-bond acceptors (Lipinski definition) is 4. The quantitative estimate of drug-likeness (QED) is 0.687. The van der Waals surface area contributed by atoms with Gasteiger partial charge >= 0.3 is 0 Å². The Hall–Kier alpha value is -0.130. The molecule has 1 rings (SSSR count). The topological polar surface area (TPSA) is 69.4 Å². The molecule has 2 N–H and O–H groups in total. The minimum atomic E-state index is -2.87. The van der Waals surface area contributed by atoms with E-state index in [-0.39, 0.29) is 22.8 Å². The Morgan fingerprint density at radius 2 is 2.21 bits per heavy atom. The smallest absolute Gasteiger partial charge is 0.150 e. The van der Waals surface area contributed by atoms with Gasteiger partial charge in [-0.05, 0) is 12.3 Å². The fourth-order valence-corrected chi connectivity index (χ4v) is 3.19. The van der Waals surface area contributed by atoms with Gasteiger partial charge in [0.1, 0.15) is 9.84 Å². The van der Waals surface area contributed by atoms with Crippen LogP contribution in [0.5, 0.6) is 0 Å². The highest BCUT2D eigenvalue weighted by Gasteiger charge is 2.54. The monoisotopic (exact) mass is 221 g/mol. The van der Waals surface area contributed by atoms with Crippen molar-refractivity contribution in [2.75, 3.05) is 31.8 Å². The number of hydrogen-bond donors (Lipinski definition) is 1. The zero-order valence-corrected chi connectivity index (χ0v) is 9.64. The molecule has 0 saturated heterocycles. The molecule has 0 aromatic heterocycles. The summed E-state index contributed by atoms with van der Waals surface area (Å²) in [5.41, 5.74) is 5.57. The molecule has 0 aromatic rings. The first-order valence-corrected chi connectivity index (χ1v) is 6.71. The summed E-state index contributed by atoms with van der Waals surface area (Å²) in [6, 6.07) is 0. The molecule has 5 heteroatoms. The number of rotatable bonds is 6. The molecular formula is C9H19NO3S. The van der Waals surface area contributed by atoms with Gasteiger partial charge in [-0.1, -0.05) is 6.92 Å². The summed E-state index contributed by atoms with van der Waals surface area (Å²) in [5.74, 6) is 0.693. The van der Waals surface area contributed by atoms with E-state index in [1.165, 1.54) is 0 Å². The Kier molecular flexibility index (Phi) is 3.55. The maximum absolute atomic E-state index is 11.4. The summed E-state index contributed by atoms with van der Waals surface area (Å²) < 4.78 is 27.8. The van der Waals surface area contributed by atoms with Crippen molar-refractivity contribution >= 4 is 9.84 Å². The predicted octanol–water partition coefficient (Wildman–Crippen LogP) is 0.0325. The zero-order valence-electron chi connectivity index (χ0n) is 8.82. The fourth-order valence-electron chi connectivity index (χ4n) is 1.87. The van der Waals surface area contributed by atoms with Crippen LogP contribution in [0.4, 0.5) is 0 Å². The lowest BCUT2D eigenvalue weighted by atomic mass is 10.1. The number of ether oxygens (including phenoxy) is 1. The average molecular weight is 221 g/mol. The molecule has 14 heavy (non-hydrogen) atoms. The van der Waals surface area contributed by atoms with Crippen molar-refractivity contribution in [1.29, 1.82) is 0 Å². The van der Waals surface area contributed by atoms with Gasteiger partial charge in [-0.15, -0.1) is 0 Å². The van der Waals surface area contributed by atoms with E-state index in [0.29, 0.717) is 13.2 Å². The minimum absolute atomic E-state index is 0.0585. The molecule has 0 amide bonds. The lowest BCUT2D eigenvalue weighted by Gasteiger charge is -2.13. The molecule has 0 unspecified atom stereocenters. The van der Waals surface area contributed by atoms with Crippen LogP contribution in [0.25, 0.3) is 0 Å². The predicted molar refractivity (Wildman–Crippen MR) is 55.8 cm³/mol. The van der Waals surface area contributed by atoms with Crippen molar-refractivity contribution in [3.63, 3.8) is 0 Å². The molecule has 1 saturated carbocycles. The number of nitrogens with two attached hydrogens (primary N) is 1. The highest BCUT2D eigenvalue weighted by molar-refractivity contribution is 7.91. The van der Waals surface area contributed by atoms with E-state index in [1.54, 1.807) is 14.0 Å². The third-order valence-corrected chi connectivity index (χ3v) is 4.88. The summed E-state index contributed by atoms with van der Waals surface area (Å²) in [7, 11) is -1.24. The van der Waals surface area contributed by atoms with Crippen LogP contribution >= 0.6 is 0 Å². The molecule has 1 aliphatic rings. The highest BCUT2D eigenvalue weighted by Crippen LogP contribution is 2.52. The largest absolute Gasteiger partial charge is 0.384 e. The van der Waals surface area contributed by atoms with Crippen molar-refractivity contribution in [2.45, 2.75) is 13.3 Å². The standard InChI is InChI=1S/C9H19NO3S/c1-3-14(11,12)5-8-4-9(8,6-10)7-13-2/h8H,3-7,10H2,1-2H3/t8-,9+/m0/s1. The summed E-state index contributed by atoms with van der Waals surface area (Å²) in [4.78, 5) is 0. The molecule has 0 aliphatic heterocycles. The second kappa shape index (κ2) is 4.16. The lowest BCUT2D eigenvalue weighted by molar-refractivity contribution is 0.138. The molecule has 0 aromatic carbocycles. The third-order valence-electron chi connectivity index (χ3n) is 3.09. The van der Waals surface area contributed by atoms with Crippen molar-refractivity contribution in [2.24, 2.45) is 17.1 Å². The molecule has 4 nitrogen and oxygen atoms in total. The molecule has 1 aliphatic carbocycles. The molecular weight excluding hydrogens is 202 g/mol. The number of methoxy groups -OCH3 is 1. The van der Waals surface area contributed by atoms with Crippen LogP contribution in [0.3, 0.4) is 0 Å². The van der Waals surface area contributed by atoms with Gasteiger partial charge in [-0.25, -0.2) is 8.42 Å². The Morgan fingerprint density at radius 1 is 1.57 bits per heavy atom. The van der Waals surface area contributed by atoms with E-state index in [2.05, 4.69) is 0 Å². The third kappa shape index (κ3) is 2.46. The zero-order chi connectivity index (χ0) is 10.8. The summed E-state index contributed by atoms with van der Waals surface area (Å²) >= 11 is 0. The first kappa shape index (κ1) is 11.9. The highest BCUT2D eigenvalue weighted by atomic mass is 32.2. The van der Waals surface area contributed by atoms with Gasteiger partial charge in [0.25, 0.3) is 0 Å². The molecule has 84 valence electrons. The summed E-state index contributed by atoms with van der Waals surface area (Å²) in [6.45, 7) is 2.77. The SMILES string of the molecule is CCS(=O)(=O)C[C@@H]1C[C@@]1(CN)COC. The van der Waals surface area contributed by atoms with E-state index in [4.69, 9.17) is 10.5 Å². The van der Waals surface area contributed by atoms with Gasteiger partial charge in [0, 0.05) is 24.8 Å². The van der Waals surface area contributed by atoms with E-state index in [0.717, 1.165) is 6.42 Å². The molecule has 0 spiro atoms. The van der Waals surface area contributed by atoms with E-state index >= 15 is 0 Å². The molecule has 0 bridgehead atoms. The van der Waals surface area contributed by atoms with Gasteiger partial charge in [0.05, 0.1) is 12.4 Å². The van der Waals surface area contributed by atoms with Crippen molar-refractivity contribution in [3.05, 3.63) is 0 Å². The Morgan fingerprint density at radius 3 is 2.64 bits per heavy atom. The first-order valence-electron chi connectivity index (χ1n) is 4.89. The van der Waals surface area contributed by atoms with Gasteiger partial charge in [0.15, 0.2) is 0 Å². The van der Waals surface area contributed by atoms with Crippen LogP contribution in [-0.4, -0.2) is 40.2 Å². The Labute approximate surface area is 85.7 Å². The van der Waals surface area contributed by atoms with Crippen LogP contribution in [0.15, 0.2) is 0 Å². The van der Waals surface area contributed by atoms with Crippen LogP contribution in [0, 0.1) is 11.3 Å². The van der Waals surface area contributed by atoms with Gasteiger partial charge < -0.3 is 10.5 Å². The normalized spacial score (nSPS) is 31.8. The van der Waals surface area contributed by atoms with Crippen LogP contribution < -0.4 is 5.73 Å². The van der Waals surface area contributed by atoms with Gasteiger partial charge in [-0.3, -0.25) is 0 Å². The van der Waals surface area contributed by atoms with Crippen molar-refractivity contribution < 1.29 is 13.2 Å². The van der Waals surface area contributed by atoms with E-state index in [1.807, 2.05) is 0 Å². The lowest BCUT2D eigenvalue weighted by Crippen LogP contribution is -2.25. The molecule has 2 atom stereocenters. The second-order valence-corrected chi connectivity index (χ2v) is 6.50. The fraction of sp³-hybridized carbons (Fsp3) is 1.00. The second-order valence-electron chi connectivity index (χ2n) is 4.10. The van der Waals surface area contributed by atoms with Crippen molar-refractivity contribution in [1.82, 2.24) is 0 Å². The average Bonchev–Trinajstić information content (AvgIpc) is 2.79. The van der Waals surface area contributed by atoms with Gasteiger partial charge in [0.2, 0.25) is 0 Å². The van der Waals surface area contributed by atoms with Crippen molar-refractivity contribution in [3.8, 4) is 0 Å². The minimum Gasteiger partial charge on any atom is -0.384 e. The maximum atomic E-state index is 11.4. The maximum Gasteiger partial charge on any atom is 0.150 e. The Balaban J connectivity index is 2.52. The van der Waals surface area contributed by atoms with Crippen LogP contribution in [-0.2, 0) is 14.6 Å². The summed E-state index contributed by atoms with van der Waals surface area (Å²) in [6.07, 6.45) is 0.885. The number of sulfone groups is 1. The molecule has 1 fully saturated rings.